The van der Waals surface area contributed by atoms with Gasteiger partial charge < -0.3 is 9.64 Å². The lowest BCUT2D eigenvalue weighted by atomic mass is 10.1. The minimum Gasteiger partial charge on any atom is -0.492 e. The third-order valence-corrected chi connectivity index (χ3v) is 8.68. The van der Waals surface area contributed by atoms with Crippen LogP contribution in [0.2, 0.25) is 0 Å². The Hall–Kier alpha value is -2.38. The Morgan fingerprint density at radius 3 is 2.45 bits per heavy atom. The van der Waals surface area contributed by atoms with Crippen molar-refractivity contribution in [3.05, 3.63) is 65.7 Å². The molecule has 0 radical (unpaired) electrons. The Morgan fingerprint density at radius 1 is 1.03 bits per heavy atom. The van der Waals surface area contributed by atoms with Gasteiger partial charge in [-0.05, 0) is 49.4 Å². The highest BCUT2D eigenvalue weighted by Gasteiger charge is 2.39. The maximum atomic E-state index is 13.4. The van der Waals surface area contributed by atoms with Crippen molar-refractivity contribution in [2.75, 3.05) is 26.2 Å². The highest BCUT2D eigenvalue weighted by atomic mass is 32.2. The highest BCUT2D eigenvalue weighted by Crippen LogP contribution is 2.39. The maximum Gasteiger partial charge on any atom is 0.222 e. The molecule has 2 heterocycles. The molecule has 2 aromatic carbocycles. The predicted octanol–water partition coefficient (Wildman–Crippen LogP) is 3.92. The summed E-state index contributed by atoms with van der Waals surface area (Å²) in [5.74, 6) is 0.926. The molecule has 31 heavy (non-hydrogen) atoms. The number of amides is 1. The molecule has 0 spiro atoms. The zero-order chi connectivity index (χ0) is 21.8. The molecule has 4 rings (SSSR count). The molecule has 0 aromatic heterocycles. The zero-order valence-electron chi connectivity index (χ0n) is 17.9. The standard InChI is InChI=1S/C24H30N2O4S/c1-19(26-16-5-9-23(31(26,28)29)21-7-3-2-4-8-21)20-11-13-22(14-12-20)30-18-17-25-15-6-10-24(25)27/h2-4,7-8,11-14,19,23H,5-6,9-10,15-18H2,1H3. The number of carbonyl (C=O) groups excluding carboxylic acids is 1. The number of hydrogen-bond donors (Lipinski definition) is 0. The molecule has 2 atom stereocenters. The van der Waals surface area contributed by atoms with Crippen LogP contribution in [0.3, 0.4) is 0 Å². The van der Waals surface area contributed by atoms with Crippen molar-refractivity contribution in [2.24, 2.45) is 0 Å². The number of sulfonamides is 1. The molecule has 7 heteroatoms. The van der Waals surface area contributed by atoms with E-state index in [-0.39, 0.29) is 11.9 Å². The van der Waals surface area contributed by atoms with E-state index in [0.717, 1.165) is 36.3 Å². The maximum absolute atomic E-state index is 13.4. The Kier molecular flexibility index (Phi) is 6.62. The van der Waals surface area contributed by atoms with Crippen LogP contribution >= 0.6 is 0 Å². The number of carbonyl (C=O) groups is 1. The van der Waals surface area contributed by atoms with Crippen LogP contribution in [0.1, 0.15) is 55.0 Å². The molecule has 2 unspecified atom stereocenters. The number of ether oxygens (including phenoxy) is 1. The van der Waals surface area contributed by atoms with Crippen LogP contribution in [0.15, 0.2) is 54.6 Å². The van der Waals surface area contributed by atoms with E-state index in [1.807, 2.05) is 66.4 Å². The van der Waals surface area contributed by atoms with E-state index in [4.69, 9.17) is 4.74 Å². The van der Waals surface area contributed by atoms with Gasteiger partial charge in [-0.15, -0.1) is 0 Å². The molecule has 2 aliphatic heterocycles. The van der Waals surface area contributed by atoms with Crippen molar-refractivity contribution in [1.82, 2.24) is 9.21 Å². The lowest BCUT2D eigenvalue weighted by Gasteiger charge is -2.36. The summed E-state index contributed by atoms with van der Waals surface area (Å²) in [4.78, 5) is 13.5. The van der Waals surface area contributed by atoms with Gasteiger partial charge in [-0.3, -0.25) is 4.79 Å². The quantitative estimate of drug-likeness (QED) is 0.652. The number of benzene rings is 2. The van der Waals surface area contributed by atoms with Crippen LogP contribution in [0, 0.1) is 0 Å². The molecule has 2 saturated heterocycles. The van der Waals surface area contributed by atoms with Crippen molar-refractivity contribution in [3.63, 3.8) is 0 Å². The van der Waals surface area contributed by atoms with E-state index in [2.05, 4.69) is 0 Å². The van der Waals surface area contributed by atoms with Crippen LogP contribution < -0.4 is 4.74 Å². The van der Waals surface area contributed by atoms with Crippen molar-refractivity contribution in [1.29, 1.82) is 0 Å². The minimum absolute atomic E-state index is 0.198. The Balaban J connectivity index is 1.40. The van der Waals surface area contributed by atoms with Crippen molar-refractivity contribution in [3.8, 4) is 5.75 Å². The van der Waals surface area contributed by atoms with Crippen LogP contribution in [0.25, 0.3) is 0 Å². The van der Waals surface area contributed by atoms with Gasteiger partial charge in [-0.1, -0.05) is 42.5 Å². The number of hydrogen-bond acceptors (Lipinski definition) is 4. The normalized spacial score (nSPS) is 22.4. The van der Waals surface area contributed by atoms with Crippen LogP contribution in [-0.4, -0.2) is 49.8 Å². The molecule has 2 aliphatic rings. The Labute approximate surface area is 184 Å². The third-order valence-electron chi connectivity index (χ3n) is 6.30. The van der Waals surface area contributed by atoms with Gasteiger partial charge in [-0.2, -0.15) is 4.31 Å². The van der Waals surface area contributed by atoms with Crippen molar-refractivity contribution in [2.45, 2.75) is 43.9 Å². The van der Waals surface area contributed by atoms with E-state index in [0.29, 0.717) is 32.5 Å². The van der Waals surface area contributed by atoms with Gasteiger partial charge in [0.15, 0.2) is 0 Å². The summed E-state index contributed by atoms with van der Waals surface area (Å²) < 4.78 is 34.1. The summed E-state index contributed by atoms with van der Waals surface area (Å²) in [6.45, 7) is 4.35. The van der Waals surface area contributed by atoms with Gasteiger partial charge in [0.05, 0.1) is 6.54 Å². The summed E-state index contributed by atoms with van der Waals surface area (Å²) in [6, 6.07) is 16.9. The zero-order valence-corrected chi connectivity index (χ0v) is 18.8. The summed E-state index contributed by atoms with van der Waals surface area (Å²) >= 11 is 0. The summed E-state index contributed by atoms with van der Waals surface area (Å²) in [5, 5.41) is -0.485. The first kappa shape index (κ1) is 21.8. The van der Waals surface area contributed by atoms with Crippen molar-refractivity contribution >= 4 is 15.9 Å². The summed E-state index contributed by atoms with van der Waals surface area (Å²) in [7, 11) is -3.44. The van der Waals surface area contributed by atoms with Crippen LogP contribution in [0.4, 0.5) is 0 Å². The molecule has 0 bridgehead atoms. The second-order valence-corrected chi connectivity index (χ2v) is 10.3. The van der Waals surface area contributed by atoms with Crippen molar-refractivity contribution < 1.29 is 17.9 Å². The largest absolute Gasteiger partial charge is 0.492 e. The SMILES string of the molecule is CC(c1ccc(OCCN2CCCC2=O)cc1)N1CCCC(c2ccccc2)S1(=O)=O. The number of nitrogens with zero attached hydrogens (tertiary/aromatic N) is 2. The first-order chi connectivity index (χ1) is 15.0. The highest BCUT2D eigenvalue weighted by molar-refractivity contribution is 7.89. The Bertz CT molecular complexity index is 992. The number of rotatable bonds is 7. The Morgan fingerprint density at radius 2 is 1.77 bits per heavy atom. The second-order valence-electron chi connectivity index (χ2n) is 8.28. The summed E-state index contributed by atoms with van der Waals surface area (Å²) in [5.41, 5.74) is 1.80. The molecular weight excluding hydrogens is 412 g/mol. The fourth-order valence-electron chi connectivity index (χ4n) is 4.52. The minimum atomic E-state index is -3.44. The summed E-state index contributed by atoms with van der Waals surface area (Å²) in [6.07, 6.45) is 3.06. The first-order valence-corrected chi connectivity index (χ1v) is 12.5. The fourth-order valence-corrected chi connectivity index (χ4v) is 6.75. The van der Waals surface area contributed by atoms with Gasteiger partial charge in [0.1, 0.15) is 17.6 Å². The molecule has 0 N–H and O–H groups in total. The lowest BCUT2D eigenvalue weighted by Crippen LogP contribution is -2.41. The number of likely N-dealkylation sites (tertiary alicyclic amines) is 1. The van der Waals surface area contributed by atoms with E-state index >= 15 is 0 Å². The molecule has 6 nitrogen and oxygen atoms in total. The monoisotopic (exact) mass is 442 g/mol. The molecule has 2 aromatic rings. The average molecular weight is 443 g/mol. The third kappa shape index (κ3) is 4.77. The molecule has 2 fully saturated rings. The second kappa shape index (κ2) is 9.40. The van der Waals surface area contributed by atoms with E-state index in [1.165, 1.54) is 0 Å². The smallest absolute Gasteiger partial charge is 0.222 e. The van der Waals surface area contributed by atoms with E-state index in [9.17, 15) is 13.2 Å². The van der Waals surface area contributed by atoms with Gasteiger partial charge in [-0.25, -0.2) is 8.42 Å². The fraction of sp³-hybridized carbons (Fsp3) is 0.458. The van der Waals surface area contributed by atoms with Gasteiger partial charge >= 0.3 is 0 Å². The molecule has 0 saturated carbocycles. The first-order valence-electron chi connectivity index (χ1n) is 11.0. The van der Waals surface area contributed by atoms with E-state index < -0.39 is 15.3 Å². The van der Waals surface area contributed by atoms with Crippen LogP contribution in [0.5, 0.6) is 5.75 Å². The topological polar surface area (TPSA) is 66.9 Å². The molecule has 166 valence electrons. The molecule has 1 amide bonds. The van der Waals surface area contributed by atoms with Gasteiger partial charge in [0, 0.05) is 25.6 Å². The predicted molar refractivity (Wildman–Crippen MR) is 120 cm³/mol. The molecular formula is C24H30N2O4S. The van der Waals surface area contributed by atoms with E-state index in [1.54, 1.807) is 4.31 Å². The van der Waals surface area contributed by atoms with Crippen LogP contribution in [-0.2, 0) is 14.8 Å². The molecule has 0 aliphatic carbocycles. The van der Waals surface area contributed by atoms with Gasteiger partial charge in [0.2, 0.25) is 15.9 Å². The van der Waals surface area contributed by atoms with Gasteiger partial charge in [0.25, 0.3) is 0 Å². The average Bonchev–Trinajstić information content (AvgIpc) is 3.18. The lowest BCUT2D eigenvalue weighted by molar-refractivity contribution is -0.128.